The van der Waals surface area contributed by atoms with E-state index >= 15 is 0 Å². The zero-order valence-corrected chi connectivity index (χ0v) is 11.4. The Morgan fingerprint density at radius 2 is 1.95 bits per heavy atom. The van der Waals surface area contributed by atoms with Gasteiger partial charge in [0.2, 0.25) is 17.7 Å². The average molecular weight is 267 g/mol. The molecule has 0 aliphatic carbocycles. The molecule has 6 nitrogen and oxygen atoms in total. The molecule has 0 aromatic heterocycles. The van der Waals surface area contributed by atoms with Crippen LogP contribution in [0.5, 0.6) is 0 Å². The van der Waals surface area contributed by atoms with Gasteiger partial charge in [0.1, 0.15) is 12.1 Å². The molecule has 0 saturated carbocycles. The summed E-state index contributed by atoms with van der Waals surface area (Å²) in [6, 6.07) is -0.710. The van der Waals surface area contributed by atoms with Crippen LogP contribution in [-0.4, -0.2) is 47.8 Å². The molecule has 0 radical (unpaired) electrons. The Labute approximate surface area is 112 Å². The number of likely N-dealkylation sites (N-methyl/N-ethyl adjacent to an activating group) is 1. The van der Waals surface area contributed by atoms with Gasteiger partial charge >= 0.3 is 0 Å². The number of nitrogens with zero attached hydrogens (tertiary/aromatic N) is 1. The first kappa shape index (κ1) is 13.8. The van der Waals surface area contributed by atoms with E-state index in [2.05, 4.69) is 10.6 Å². The molecule has 2 heterocycles. The van der Waals surface area contributed by atoms with Crippen LogP contribution in [0.4, 0.5) is 0 Å². The molecule has 2 aliphatic heterocycles. The first-order chi connectivity index (χ1) is 9.04. The van der Waals surface area contributed by atoms with Gasteiger partial charge in [0.05, 0.1) is 0 Å². The Morgan fingerprint density at radius 1 is 1.21 bits per heavy atom. The van der Waals surface area contributed by atoms with Crippen molar-refractivity contribution in [3.8, 4) is 0 Å². The third kappa shape index (κ3) is 2.72. The number of hydrogen-bond donors (Lipinski definition) is 2. The predicted octanol–water partition coefficient (Wildman–Crippen LogP) is -0.219. The van der Waals surface area contributed by atoms with E-state index in [0.29, 0.717) is 12.8 Å². The van der Waals surface area contributed by atoms with Crippen molar-refractivity contribution < 1.29 is 14.4 Å². The second-order valence-electron chi connectivity index (χ2n) is 5.29. The third-order valence-corrected chi connectivity index (χ3v) is 4.01. The summed E-state index contributed by atoms with van der Waals surface area (Å²) in [6.07, 6.45) is 4.05. The van der Waals surface area contributed by atoms with Crippen molar-refractivity contribution in [2.24, 2.45) is 0 Å². The summed E-state index contributed by atoms with van der Waals surface area (Å²) in [5.41, 5.74) is 0. The van der Waals surface area contributed by atoms with Crippen LogP contribution in [0.15, 0.2) is 0 Å². The molecule has 3 atom stereocenters. The highest BCUT2D eigenvalue weighted by atomic mass is 16.2. The van der Waals surface area contributed by atoms with Crippen LogP contribution in [0.2, 0.25) is 0 Å². The minimum Gasteiger partial charge on any atom is -0.357 e. The molecular formula is C13H21N3O3. The van der Waals surface area contributed by atoms with Gasteiger partial charge in [0.25, 0.3) is 0 Å². The van der Waals surface area contributed by atoms with E-state index in [4.69, 9.17) is 0 Å². The SMILES string of the molecule is CNC(=O)[C@@H]1CC[C@H]2CCC[C@H](NC(C)=O)C(=O)N21. The Kier molecular flexibility index (Phi) is 4.07. The lowest BCUT2D eigenvalue weighted by Crippen LogP contribution is -2.53. The van der Waals surface area contributed by atoms with Gasteiger partial charge < -0.3 is 15.5 Å². The maximum absolute atomic E-state index is 12.5. The predicted molar refractivity (Wildman–Crippen MR) is 69.2 cm³/mol. The summed E-state index contributed by atoms with van der Waals surface area (Å²) < 4.78 is 0. The van der Waals surface area contributed by atoms with Crippen molar-refractivity contribution in [2.75, 3.05) is 7.05 Å². The number of amides is 3. The number of carbonyl (C=O) groups is 3. The highest BCUT2D eigenvalue weighted by Crippen LogP contribution is 2.31. The van der Waals surface area contributed by atoms with Crippen molar-refractivity contribution in [3.63, 3.8) is 0 Å². The molecule has 0 aromatic rings. The van der Waals surface area contributed by atoms with Gasteiger partial charge in [-0.3, -0.25) is 14.4 Å². The van der Waals surface area contributed by atoms with Crippen molar-refractivity contribution in [3.05, 3.63) is 0 Å². The highest BCUT2D eigenvalue weighted by Gasteiger charge is 2.44. The van der Waals surface area contributed by atoms with Gasteiger partial charge in [-0.15, -0.1) is 0 Å². The Bertz CT molecular complexity index is 397. The lowest BCUT2D eigenvalue weighted by molar-refractivity contribution is -0.142. The van der Waals surface area contributed by atoms with Crippen LogP contribution in [0, 0.1) is 0 Å². The summed E-state index contributed by atoms with van der Waals surface area (Å²) >= 11 is 0. The fourth-order valence-corrected chi connectivity index (χ4v) is 3.16. The van der Waals surface area contributed by atoms with Crippen molar-refractivity contribution >= 4 is 17.7 Å². The van der Waals surface area contributed by atoms with Crippen molar-refractivity contribution in [1.29, 1.82) is 0 Å². The van der Waals surface area contributed by atoms with E-state index < -0.39 is 6.04 Å². The van der Waals surface area contributed by atoms with Crippen LogP contribution in [0.3, 0.4) is 0 Å². The first-order valence-electron chi connectivity index (χ1n) is 6.85. The maximum atomic E-state index is 12.5. The zero-order chi connectivity index (χ0) is 14.0. The van der Waals surface area contributed by atoms with Gasteiger partial charge in [-0.25, -0.2) is 0 Å². The van der Waals surface area contributed by atoms with Crippen LogP contribution >= 0.6 is 0 Å². The van der Waals surface area contributed by atoms with E-state index in [1.165, 1.54) is 6.92 Å². The van der Waals surface area contributed by atoms with Crippen LogP contribution in [0.25, 0.3) is 0 Å². The molecule has 0 unspecified atom stereocenters. The molecule has 19 heavy (non-hydrogen) atoms. The largest absolute Gasteiger partial charge is 0.357 e. The van der Waals surface area contributed by atoms with Crippen LogP contribution < -0.4 is 10.6 Å². The Hall–Kier alpha value is -1.59. The normalized spacial score (nSPS) is 30.5. The molecule has 2 saturated heterocycles. The lowest BCUT2D eigenvalue weighted by Gasteiger charge is -2.30. The maximum Gasteiger partial charge on any atom is 0.246 e. The molecule has 0 bridgehead atoms. The smallest absolute Gasteiger partial charge is 0.246 e. The third-order valence-electron chi connectivity index (χ3n) is 4.01. The van der Waals surface area contributed by atoms with Crippen molar-refractivity contribution in [2.45, 2.75) is 57.2 Å². The lowest BCUT2D eigenvalue weighted by atomic mass is 10.1. The summed E-state index contributed by atoms with van der Waals surface area (Å²) in [5, 5.41) is 5.32. The fourth-order valence-electron chi connectivity index (χ4n) is 3.16. The Morgan fingerprint density at radius 3 is 2.58 bits per heavy atom. The molecule has 2 rings (SSSR count). The minimum atomic E-state index is -0.479. The molecule has 2 aliphatic rings. The number of nitrogens with one attached hydrogen (secondary N) is 2. The van der Waals surface area contributed by atoms with Gasteiger partial charge in [0, 0.05) is 20.0 Å². The van der Waals surface area contributed by atoms with Crippen LogP contribution in [-0.2, 0) is 14.4 Å². The highest BCUT2D eigenvalue weighted by molar-refractivity contribution is 5.92. The standard InChI is InChI=1S/C13H21N3O3/c1-8(17)15-10-5-3-4-9-6-7-11(12(18)14-2)16(9)13(10)19/h9-11H,3-7H2,1-2H3,(H,14,18)(H,15,17)/t9-,10+,11+/m1/s1. The van der Waals surface area contributed by atoms with Gasteiger partial charge in [0.15, 0.2) is 0 Å². The van der Waals surface area contributed by atoms with Gasteiger partial charge in [-0.2, -0.15) is 0 Å². The quantitative estimate of drug-likeness (QED) is 0.726. The summed E-state index contributed by atoms with van der Waals surface area (Å²) in [7, 11) is 1.59. The fraction of sp³-hybridized carbons (Fsp3) is 0.769. The molecule has 2 N–H and O–H groups in total. The van der Waals surface area contributed by atoms with Gasteiger partial charge in [-0.05, 0) is 32.1 Å². The topological polar surface area (TPSA) is 78.5 Å². The van der Waals surface area contributed by atoms with Gasteiger partial charge in [-0.1, -0.05) is 0 Å². The molecular weight excluding hydrogens is 246 g/mol. The molecule has 106 valence electrons. The second-order valence-corrected chi connectivity index (χ2v) is 5.29. The molecule has 2 fully saturated rings. The summed E-state index contributed by atoms with van der Waals surface area (Å²) in [6.45, 7) is 1.41. The number of carbonyl (C=O) groups excluding carboxylic acids is 3. The van der Waals surface area contributed by atoms with E-state index in [1.54, 1.807) is 11.9 Å². The molecule has 0 spiro atoms. The van der Waals surface area contributed by atoms with E-state index in [0.717, 1.165) is 19.3 Å². The Balaban J connectivity index is 2.18. The number of fused-ring (bicyclic) bond motifs is 1. The van der Waals surface area contributed by atoms with Crippen molar-refractivity contribution in [1.82, 2.24) is 15.5 Å². The zero-order valence-electron chi connectivity index (χ0n) is 11.4. The average Bonchev–Trinajstić information content (AvgIpc) is 2.73. The summed E-state index contributed by atoms with van der Waals surface area (Å²) in [5.74, 6) is -0.421. The molecule has 0 aromatic carbocycles. The summed E-state index contributed by atoms with van der Waals surface area (Å²) in [4.78, 5) is 37.3. The first-order valence-corrected chi connectivity index (χ1v) is 6.85. The van der Waals surface area contributed by atoms with E-state index in [9.17, 15) is 14.4 Å². The monoisotopic (exact) mass is 267 g/mol. The minimum absolute atomic E-state index is 0.108. The van der Waals surface area contributed by atoms with E-state index in [-0.39, 0.29) is 29.8 Å². The van der Waals surface area contributed by atoms with E-state index in [1.807, 2.05) is 0 Å². The molecule has 6 heteroatoms. The molecule has 3 amide bonds. The van der Waals surface area contributed by atoms with Crippen LogP contribution in [0.1, 0.15) is 39.0 Å². The number of hydrogen-bond acceptors (Lipinski definition) is 3. The number of rotatable bonds is 2. The second kappa shape index (κ2) is 5.59.